The Morgan fingerprint density at radius 3 is 2.95 bits per heavy atom. The summed E-state index contributed by atoms with van der Waals surface area (Å²) in [5.41, 5.74) is 2.85. The molecule has 3 N–H and O–H groups in total. The maximum atomic E-state index is 11.5. The van der Waals surface area contributed by atoms with Crippen LogP contribution in [0.5, 0.6) is 5.75 Å². The lowest BCUT2D eigenvalue weighted by atomic mass is 10.3. The summed E-state index contributed by atoms with van der Waals surface area (Å²) in [6.45, 7) is 0. The van der Waals surface area contributed by atoms with Crippen molar-refractivity contribution in [3.05, 3.63) is 47.9 Å². The standard InChI is InChI=1S/C13H14N2O3S/c1-17-10-4-2-3-5-11(10)19-8-9-6-7-18-12(9)13(16)15-14/h2-7H,8,14H2,1H3,(H,15,16). The number of nitrogen functional groups attached to an aromatic ring is 1. The van der Waals surface area contributed by atoms with Crippen LogP contribution in [0.3, 0.4) is 0 Å². The Morgan fingerprint density at radius 2 is 2.21 bits per heavy atom. The lowest BCUT2D eigenvalue weighted by Crippen LogP contribution is -2.30. The van der Waals surface area contributed by atoms with Crippen LogP contribution in [0.25, 0.3) is 0 Å². The highest BCUT2D eigenvalue weighted by molar-refractivity contribution is 7.98. The molecule has 0 saturated heterocycles. The number of amides is 1. The summed E-state index contributed by atoms with van der Waals surface area (Å²) in [7, 11) is 1.63. The van der Waals surface area contributed by atoms with Crippen molar-refractivity contribution in [1.82, 2.24) is 5.43 Å². The Balaban J connectivity index is 2.11. The van der Waals surface area contributed by atoms with E-state index >= 15 is 0 Å². The Hall–Kier alpha value is -1.92. The molecule has 2 aromatic rings. The summed E-state index contributed by atoms with van der Waals surface area (Å²) in [5, 5.41) is 0. The van der Waals surface area contributed by atoms with E-state index in [4.69, 9.17) is 15.0 Å². The number of rotatable bonds is 5. The predicted octanol–water partition coefficient (Wildman–Crippen LogP) is 2.18. The summed E-state index contributed by atoms with van der Waals surface area (Å²) in [6, 6.07) is 9.46. The van der Waals surface area contributed by atoms with Gasteiger partial charge >= 0.3 is 5.91 Å². The van der Waals surface area contributed by atoms with Gasteiger partial charge in [0.1, 0.15) is 5.75 Å². The lowest BCUT2D eigenvalue weighted by molar-refractivity contribution is 0.0925. The smallest absolute Gasteiger partial charge is 0.301 e. The normalized spacial score (nSPS) is 10.2. The van der Waals surface area contributed by atoms with Gasteiger partial charge in [0.15, 0.2) is 5.76 Å². The Bertz CT molecular complexity index is 569. The van der Waals surface area contributed by atoms with Gasteiger partial charge in [-0.3, -0.25) is 10.2 Å². The minimum Gasteiger partial charge on any atom is -0.496 e. The number of benzene rings is 1. The molecule has 0 radical (unpaired) electrons. The average molecular weight is 278 g/mol. The van der Waals surface area contributed by atoms with E-state index in [2.05, 4.69) is 5.43 Å². The summed E-state index contributed by atoms with van der Waals surface area (Å²) in [4.78, 5) is 12.5. The van der Waals surface area contributed by atoms with Gasteiger partial charge in [-0.2, -0.15) is 0 Å². The molecule has 0 saturated carbocycles. The highest BCUT2D eigenvalue weighted by Crippen LogP contribution is 2.32. The molecule has 2 rings (SSSR count). The number of thioether (sulfide) groups is 1. The molecule has 0 aliphatic carbocycles. The second-order valence-corrected chi connectivity index (χ2v) is 4.71. The SMILES string of the molecule is COc1ccccc1SCc1ccoc1C(=O)NN. The summed E-state index contributed by atoms with van der Waals surface area (Å²) in [6.07, 6.45) is 1.47. The molecule has 1 amide bonds. The van der Waals surface area contributed by atoms with Crippen molar-refractivity contribution in [2.75, 3.05) is 7.11 Å². The van der Waals surface area contributed by atoms with Gasteiger partial charge in [-0.15, -0.1) is 11.8 Å². The van der Waals surface area contributed by atoms with Crippen molar-refractivity contribution in [3.63, 3.8) is 0 Å². The molecular weight excluding hydrogens is 264 g/mol. The Labute approximate surface area is 115 Å². The predicted molar refractivity (Wildman–Crippen MR) is 72.9 cm³/mol. The van der Waals surface area contributed by atoms with Gasteiger partial charge in [-0.25, -0.2) is 5.84 Å². The Kier molecular flexibility index (Phi) is 4.48. The number of nitrogens with two attached hydrogens (primary N) is 1. The molecule has 1 aromatic carbocycles. The molecule has 1 aromatic heterocycles. The van der Waals surface area contributed by atoms with Gasteiger partial charge < -0.3 is 9.15 Å². The molecule has 0 fully saturated rings. The van der Waals surface area contributed by atoms with Gasteiger partial charge in [-0.05, 0) is 18.2 Å². The highest BCUT2D eigenvalue weighted by atomic mass is 32.2. The van der Waals surface area contributed by atoms with Gasteiger partial charge in [0.05, 0.1) is 13.4 Å². The number of carbonyl (C=O) groups excluding carboxylic acids is 1. The van der Waals surface area contributed by atoms with Gasteiger partial charge in [0.2, 0.25) is 0 Å². The van der Waals surface area contributed by atoms with Gasteiger partial charge in [0.25, 0.3) is 0 Å². The van der Waals surface area contributed by atoms with Crippen LogP contribution in [0.15, 0.2) is 45.9 Å². The number of hydrogen-bond acceptors (Lipinski definition) is 5. The van der Waals surface area contributed by atoms with E-state index in [0.717, 1.165) is 16.2 Å². The molecular formula is C13H14N2O3S. The third-order valence-electron chi connectivity index (χ3n) is 2.54. The zero-order valence-corrected chi connectivity index (χ0v) is 11.2. The van der Waals surface area contributed by atoms with E-state index in [-0.39, 0.29) is 5.76 Å². The first kappa shape index (κ1) is 13.5. The zero-order chi connectivity index (χ0) is 13.7. The maximum Gasteiger partial charge on any atom is 0.301 e. The van der Waals surface area contributed by atoms with Crippen LogP contribution in [0, 0.1) is 0 Å². The topological polar surface area (TPSA) is 77.5 Å². The lowest BCUT2D eigenvalue weighted by Gasteiger charge is -2.07. The molecule has 0 spiro atoms. The van der Waals surface area contributed by atoms with Crippen LogP contribution < -0.4 is 16.0 Å². The molecule has 19 heavy (non-hydrogen) atoms. The fourth-order valence-electron chi connectivity index (χ4n) is 1.61. The van der Waals surface area contributed by atoms with Crippen LogP contribution >= 0.6 is 11.8 Å². The van der Waals surface area contributed by atoms with Crippen molar-refractivity contribution in [2.45, 2.75) is 10.6 Å². The number of hydrazine groups is 1. The average Bonchev–Trinajstić information content (AvgIpc) is 2.93. The monoisotopic (exact) mass is 278 g/mol. The van der Waals surface area contributed by atoms with E-state index in [0.29, 0.717) is 5.75 Å². The third kappa shape index (κ3) is 3.10. The van der Waals surface area contributed by atoms with E-state index in [9.17, 15) is 4.79 Å². The minimum absolute atomic E-state index is 0.241. The first-order chi connectivity index (χ1) is 9.26. The molecule has 0 aliphatic rings. The van der Waals surface area contributed by atoms with Gasteiger partial charge in [0, 0.05) is 16.2 Å². The molecule has 5 nitrogen and oxygen atoms in total. The largest absolute Gasteiger partial charge is 0.496 e. The van der Waals surface area contributed by atoms with E-state index in [1.165, 1.54) is 6.26 Å². The summed E-state index contributed by atoms with van der Waals surface area (Å²) < 4.78 is 10.4. The number of nitrogens with one attached hydrogen (secondary N) is 1. The van der Waals surface area contributed by atoms with Crippen LogP contribution in [0.1, 0.15) is 16.1 Å². The van der Waals surface area contributed by atoms with Crippen LogP contribution in [0.4, 0.5) is 0 Å². The first-order valence-corrected chi connectivity index (χ1v) is 6.58. The Morgan fingerprint density at radius 1 is 1.42 bits per heavy atom. The quantitative estimate of drug-likeness (QED) is 0.379. The van der Waals surface area contributed by atoms with E-state index in [1.54, 1.807) is 24.9 Å². The van der Waals surface area contributed by atoms with Crippen molar-refractivity contribution < 1.29 is 13.9 Å². The van der Waals surface area contributed by atoms with E-state index in [1.807, 2.05) is 24.3 Å². The summed E-state index contributed by atoms with van der Waals surface area (Å²) >= 11 is 1.57. The number of ether oxygens (including phenoxy) is 1. The second-order valence-electron chi connectivity index (χ2n) is 3.69. The van der Waals surface area contributed by atoms with Crippen LogP contribution in [0.2, 0.25) is 0 Å². The fraction of sp³-hybridized carbons (Fsp3) is 0.154. The zero-order valence-electron chi connectivity index (χ0n) is 10.4. The molecule has 1 heterocycles. The number of carbonyl (C=O) groups is 1. The number of hydrogen-bond donors (Lipinski definition) is 2. The number of methoxy groups -OCH3 is 1. The number of para-hydroxylation sites is 1. The maximum absolute atomic E-state index is 11.5. The van der Waals surface area contributed by atoms with E-state index < -0.39 is 5.91 Å². The van der Waals surface area contributed by atoms with Crippen LogP contribution in [-0.4, -0.2) is 13.0 Å². The number of furan rings is 1. The summed E-state index contributed by atoms with van der Waals surface area (Å²) in [5.74, 6) is 6.31. The molecule has 100 valence electrons. The van der Waals surface area contributed by atoms with Crippen molar-refractivity contribution in [2.24, 2.45) is 5.84 Å². The third-order valence-corrected chi connectivity index (χ3v) is 3.64. The van der Waals surface area contributed by atoms with Crippen molar-refractivity contribution in [3.8, 4) is 5.75 Å². The van der Waals surface area contributed by atoms with Crippen LogP contribution in [-0.2, 0) is 5.75 Å². The molecule has 0 aliphatic heterocycles. The molecule has 0 bridgehead atoms. The first-order valence-electron chi connectivity index (χ1n) is 5.59. The molecule has 0 unspecified atom stereocenters. The molecule has 6 heteroatoms. The molecule has 0 atom stereocenters. The van der Waals surface area contributed by atoms with Gasteiger partial charge in [-0.1, -0.05) is 12.1 Å². The van der Waals surface area contributed by atoms with Crippen molar-refractivity contribution in [1.29, 1.82) is 0 Å². The fourth-order valence-corrected chi connectivity index (χ4v) is 2.61. The highest BCUT2D eigenvalue weighted by Gasteiger charge is 2.14. The second kappa shape index (κ2) is 6.31. The van der Waals surface area contributed by atoms with Crippen molar-refractivity contribution >= 4 is 17.7 Å². The minimum atomic E-state index is -0.430.